The van der Waals surface area contributed by atoms with Crippen LogP contribution in [0, 0.1) is 6.92 Å². The molecule has 6 rings (SSSR count). The van der Waals surface area contributed by atoms with Crippen LogP contribution in [0.25, 0.3) is 33.1 Å². The molecule has 1 nitrogen and oxygen atoms in total. The summed E-state index contributed by atoms with van der Waals surface area (Å²) < 4.78 is 6.15. The maximum absolute atomic E-state index is 6.15. The van der Waals surface area contributed by atoms with Gasteiger partial charge < -0.3 is 4.42 Å². The zero-order valence-corrected chi connectivity index (χ0v) is 15.1. The minimum atomic E-state index is 0.273. The lowest BCUT2D eigenvalue weighted by Crippen LogP contribution is -2.48. The van der Waals surface area contributed by atoms with E-state index in [1.807, 2.05) is 12.1 Å². The summed E-state index contributed by atoms with van der Waals surface area (Å²) >= 11 is 0. The van der Waals surface area contributed by atoms with Gasteiger partial charge >= 0.3 is 0 Å². The van der Waals surface area contributed by atoms with Gasteiger partial charge in [-0.2, -0.15) is 0 Å². The average molecular weight is 344 g/mol. The van der Waals surface area contributed by atoms with Crippen LogP contribution in [0.5, 0.6) is 0 Å². The van der Waals surface area contributed by atoms with Crippen LogP contribution in [0.1, 0.15) is 5.56 Å². The van der Waals surface area contributed by atoms with Crippen molar-refractivity contribution in [3.05, 3.63) is 90.5 Å². The van der Waals surface area contributed by atoms with E-state index in [9.17, 15) is 0 Å². The molecule has 0 atom stereocenters. The standard InChI is InChI=1S/C25H17BO/c1-16-10-12-17(13-11-16)26-22-8-4-2-6-18(22)20-15-25-21(14-23(20)26)19-7-3-5-9-24(19)27-25/h2-15H,1H3. The molecular weight excluding hydrogens is 327 g/mol. The first-order valence-electron chi connectivity index (χ1n) is 9.41. The van der Waals surface area contributed by atoms with Crippen molar-refractivity contribution in [2.45, 2.75) is 6.92 Å². The van der Waals surface area contributed by atoms with Gasteiger partial charge in [0.1, 0.15) is 11.2 Å². The summed E-state index contributed by atoms with van der Waals surface area (Å²) in [5, 5.41) is 2.39. The largest absolute Gasteiger partial charge is 0.456 e. The van der Waals surface area contributed by atoms with Gasteiger partial charge in [-0.25, -0.2) is 0 Å². The molecule has 27 heavy (non-hydrogen) atoms. The first-order valence-corrected chi connectivity index (χ1v) is 9.41. The van der Waals surface area contributed by atoms with E-state index in [2.05, 4.69) is 79.7 Å². The van der Waals surface area contributed by atoms with Gasteiger partial charge in [-0.05, 0) is 30.2 Å². The van der Waals surface area contributed by atoms with E-state index in [1.165, 1.54) is 43.9 Å². The monoisotopic (exact) mass is 344 g/mol. The molecule has 5 aromatic rings. The SMILES string of the molecule is Cc1ccc(B2c3ccccc3-c3cc4oc5ccccc5c4cc32)cc1. The van der Waals surface area contributed by atoms with Crippen molar-refractivity contribution in [3.8, 4) is 11.1 Å². The summed E-state index contributed by atoms with van der Waals surface area (Å²) in [6, 6.07) is 30.6. The Balaban J connectivity index is 1.69. The Bertz CT molecular complexity index is 1330. The van der Waals surface area contributed by atoms with E-state index in [4.69, 9.17) is 4.42 Å². The van der Waals surface area contributed by atoms with E-state index < -0.39 is 0 Å². The molecule has 2 heteroatoms. The zero-order valence-electron chi connectivity index (χ0n) is 15.1. The van der Waals surface area contributed by atoms with Crippen molar-refractivity contribution in [3.63, 3.8) is 0 Å². The minimum absolute atomic E-state index is 0.273. The number of furan rings is 1. The molecule has 0 unspecified atom stereocenters. The molecular formula is C25H17BO. The Hall–Kier alpha value is -3.26. The highest BCUT2D eigenvalue weighted by Crippen LogP contribution is 2.33. The summed E-state index contributed by atoms with van der Waals surface area (Å²) in [5.41, 5.74) is 9.93. The van der Waals surface area contributed by atoms with Crippen molar-refractivity contribution in [1.29, 1.82) is 0 Å². The molecule has 0 amide bonds. The first kappa shape index (κ1) is 14.9. The molecule has 0 radical (unpaired) electrons. The molecule has 1 aromatic heterocycles. The average Bonchev–Trinajstić information content (AvgIpc) is 3.22. The number of para-hydroxylation sites is 1. The number of hydrogen-bond acceptors (Lipinski definition) is 1. The van der Waals surface area contributed by atoms with Crippen molar-refractivity contribution >= 4 is 45.0 Å². The van der Waals surface area contributed by atoms with Crippen molar-refractivity contribution in [2.24, 2.45) is 0 Å². The van der Waals surface area contributed by atoms with Crippen LogP contribution in [-0.2, 0) is 0 Å². The van der Waals surface area contributed by atoms with Crippen LogP contribution in [0.4, 0.5) is 0 Å². The van der Waals surface area contributed by atoms with E-state index >= 15 is 0 Å². The lowest BCUT2D eigenvalue weighted by molar-refractivity contribution is 0.669. The van der Waals surface area contributed by atoms with E-state index in [-0.39, 0.29) is 6.71 Å². The maximum Gasteiger partial charge on any atom is 0.242 e. The van der Waals surface area contributed by atoms with Gasteiger partial charge in [0.2, 0.25) is 6.71 Å². The van der Waals surface area contributed by atoms with E-state index in [0.717, 1.165) is 11.2 Å². The van der Waals surface area contributed by atoms with Crippen molar-refractivity contribution < 1.29 is 4.42 Å². The Morgan fingerprint density at radius 3 is 2.30 bits per heavy atom. The van der Waals surface area contributed by atoms with Crippen LogP contribution < -0.4 is 16.4 Å². The summed E-state index contributed by atoms with van der Waals surface area (Å²) in [7, 11) is 0. The second kappa shape index (κ2) is 5.37. The van der Waals surface area contributed by atoms with Gasteiger partial charge in [0.15, 0.2) is 0 Å². The predicted octanol–water partition coefficient (Wildman–Crippen LogP) is 4.39. The van der Waals surface area contributed by atoms with Crippen LogP contribution in [0.3, 0.4) is 0 Å². The van der Waals surface area contributed by atoms with Gasteiger partial charge in [0.25, 0.3) is 0 Å². The number of fused-ring (bicyclic) bond motifs is 6. The molecule has 4 aromatic carbocycles. The van der Waals surface area contributed by atoms with E-state index in [0.29, 0.717) is 0 Å². The minimum Gasteiger partial charge on any atom is -0.456 e. The number of aryl methyl sites for hydroxylation is 1. The third-order valence-corrected chi connectivity index (χ3v) is 5.83. The van der Waals surface area contributed by atoms with Gasteiger partial charge in [0, 0.05) is 10.8 Å². The zero-order chi connectivity index (χ0) is 18.0. The second-order valence-electron chi connectivity index (χ2n) is 7.46. The van der Waals surface area contributed by atoms with Gasteiger partial charge in [0.05, 0.1) is 0 Å². The fourth-order valence-corrected chi connectivity index (χ4v) is 4.54. The molecule has 1 aliphatic heterocycles. The number of benzene rings is 4. The lowest BCUT2D eigenvalue weighted by Gasteiger charge is -2.11. The summed E-state index contributed by atoms with van der Waals surface area (Å²) in [4.78, 5) is 0. The smallest absolute Gasteiger partial charge is 0.242 e. The fraction of sp³-hybridized carbons (Fsp3) is 0.0400. The summed E-state index contributed by atoms with van der Waals surface area (Å²) in [6.07, 6.45) is 0. The molecule has 0 saturated carbocycles. The second-order valence-corrected chi connectivity index (χ2v) is 7.46. The van der Waals surface area contributed by atoms with Crippen LogP contribution in [0.2, 0.25) is 0 Å². The van der Waals surface area contributed by atoms with E-state index in [1.54, 1.807) is 0 Å². The third kappa shape index (κ3) is 2.07. The Morgan fingerprint density at radius 2 is 1.41 bits per heavy atom. The number of hydrogen-bond donors (Lipinski definition) is 0. The van der Waals surface area contributed by atoms with Gasteiger partial charge in [-0.15, -0.1) is 0 Å². The molecule has 0 fully saturated rings. The molecule has 0 N–H and O–H groups in total. The Kier molecular flexibility index (Phi) is 2.96. The highest BCUT2D eigenvalue weighted by Gasteiger charge is 2.33. The topological polar surface area (TPSA) is 13.1 Å². The molecule has 126 valence electrons. The quantitative estimate of drug-likeness (QED) is 0.403. The molecule has 0 spiro atoms. The molecule has 0 aliphatic carbocycles. The normalized spacial score (nSPS) is 12.6. The molecule has 2 heterocycles. The van der Waals surface area contributed by atoms with Crippen molar-refractivity contribution in [1.82, 2.24) is 0 Å². The Labute approximate surface area is 158 Å². The summed E-state index contributed by atoms with van der Waals surface area (Å²) in [5.74, 6) is 0. The lowest BCUT2D eigenvalue weighted by atomic mass is 9.39. The van der Waals surface area contributed by atoms with Gasteiger partial charge in [-0.1, -0.05) is 94.7 Å². The highest BCUT2D eigenvalue weighted by molar-refractivity contribution is 6.99. The Morgan fingerprint density at radius 1 is 0.630 bits per heavy atom. The third-order valence-electron chi connectivity index (χ3n) is 5.83. The van der Waals surface area contributed by atoms with Crippen LogP contribution >= 0.6 is 0 Å². The first-order chi connectivity index (χ1) is 13.3. The summed E-state index contributed by atoms with van der Waals surface area (Å²) in [6.45, 7) is 2.41. The van der Waals surface area contributed by atoms with Crippen LogP contribution in [-0.4, -0.2) is 6.71 Å². The molecule has 0 bridgehead atoms. The van der Waals surface area contributed by atoms with Crippen molar-refractivity contribution in [2.75, 3.05) is 0 Å². The highest BCUT2D eigenvalue weighted by atomic mass is 16.3. The molecule has 1 aliphatic rings. The van der Waals surface area contributed by atoms with Gasteiger partial charge in [-0.3, -0.25) is 0 Å². The number of rotatable bonds is 1. The van der Waals surface area contributed by atoms with Crippen LogP contribution in [0.15, 0.2) is 89.3 Å². The fourth-order valence-electron chi connectivity index (χ4n) is 4.54. The predicted molar refractivity (Wildman–Crippen MR) is 115 cm³/mol. The molecule has 0 saturated heterocycles. The maximum atomic E-state index is 6.15.